The number of hydrogen-bond acceptors (Lipinski definition) is 3. The van der Waals surface area contributed by atoms with Crippen molar-refractivity contribution in [1.29, 1.82) is 0 Å². The summed E-state index contributed by atoms with van der Waals surface area (Å²) < 4.78 is 34.6. The fraction of sp³-hybridized carbons (Fsp3) is 0.500. The third kappa shape index (κ3) is 1.63. The maximum Gasteiger partial charge on any atom is 0.349 e. The minimum Gasteiger partial charge on any atom is -0.249 e. The lowest BCUT2D eigenvalue weighted by atomic mass is 10.4. The summed E-state index contributed by atoms with van der Waals surface area (Å²) in [5.41, 5.74) is 0. The summed E-state index contributed by atoms with van der Waals surface area (Å²) in [6.45, 7) is 3.45. The quantitative estimate of drug-likeness (QED) is 0.660. The van der Waals surface area contributed by atoms with Gasteiger partial charge in [-0.3, -0.25) is 0 Å². The second kappa shape index (κ2) is 2.85. The second-order valence-electron chi connectivity index (χ2n) is 2.65. The van der Waals surface area contributed by atoms with Crippen molar-refractivity contribution in [3.63, 3.8) is 0 Å². The van der Waals surface area contributed by atoms with E-state index in [2.05, 4.69) is 5.10 Å². The van der Waals surface area contributed by atoms with Crippen LogP contribution < -0.4 is 0 Å². The van der Waals surface area contributed by atoms with E-state index in [4.69, 9.17) is 0 Å². The lowest BCUT2D eigenvalue weighted by Crippen LogP contribution is -2.09. The molecule has 0 bridgehead atoms. The predicted molar refractivity (Wildman–Crippen MR) is 40.9 cm³/mol. The van der Waals surface area contributed by atoms with E-state index in [0.717, 1.165) is 10.7 Å². The monoisotopic (exact) mass is 192 g/mol. The van der Waals surface area contributed by atoms with E-state index in [1.54, 1.807) is 13.8 Å². The molecule has 68 valence electrons. The van der Waals surface area contributed by atoms with Crippen molar-refractivity contribution in [1.82, 2.24) is 9.78 Å². The van der Waals surface area contributed by atoms with Gasteiger partial charge >= 0.3 is 10.2 Å². The highest BCUT2D eigenvalue weighted by Gasteiger charge is 2.18. The number of rotatable bonds is 2. The van der Waals surface area contributed by atoms with Crippen molar-refractivity contribution in [2.75, 3.05) is 0 Å². The van der Waals surface area contributed by atoms with Crippen LogP contribution in [0.4, 0.5) is 3.89 Å². The highest BCUT2D eigenvalue weighted by Crippen LogP contribution is 2.15. The van der Waals surface area contributed by atoms with Crippen molar-refractivity contribution >= 4 is 10.2 Å². The van der Waals surface area contributed by atoms with Crippen LogP contribution in [0.15, 0.2) is 17.3 Å². The molecule has 1 rings (SSSR count). The fourth-order valence-corrected chi connectivity index (χ4v) is 1.59. The van der Waals surface area contributed by atoms with Crippen LogP contribution in [-0.4, -0.2) is 18.2 Å². The van der Waals surface area contributed by atoms with Crippen LogP contribution in [-0.2, 0) is 10.2 Å². The van der Waals surface area contributed by atoms with Gasteiger partial charge in [0.1, 0.15) is 0 Å². The van der Waals surface area contributed by atoms with Gasteiger partial charge in [0.25, 0.3) is 0 Å². The van der Waals surface area contributed by atoms with Crippen molar-refractivity contribution in [2.24, 2.45) is 0 Å². The summed E-state index contributed by atoms with van der Waals surface area (Å²) >= 11 is 0. The van der Waals surface area contributed by atoms with Crippen molar-refractivity contribution in [3.05, 3.63) is 12.3 Å². The Hall–Kier alpha value is -0.910. The van der Waals surface area contributed by atoms with Crippen LogP contribution >= 0.6 is 0 Å². The maximum atomic E-state index is 12.5. The van der Waals surface area contributed by atoms with Gasteiger partial charge in [-0.05, 0) is 19.9 Å². The standard InChI is InChI=1S/C6H9FN2O2S/c1-5(2)9-6(3-4-8-9)12(7,10)11/h3-5H,1-2H3. The van der Waals surface area contributed by atoms with Gasteiger partial charge < -0.3 is 0 Å². The Morgan fingerprint density at radius 1 is 1.58 bits per heavy atom. The Morgan fingerprint density at radius 2 is 2.17 bits per heavy atom. The lowest BCUT2D eigenvalue weighted by molar-refractivity contribution is 0.467. The molecule has 0 aliphatic carbocycles. The molecule has 0 aliphatic heterocycles. The van der Waals surface area contributed by atoms with Gasteiger partial charge in [0.2, 0.25) is 0 Å². The van der Waals surface area contributed by atoms with Gasteiger partial charge in [0.15, 0.2) is 5.03 Å². The van der Waals surface area contributed by atoms with Crippen LogP contribution in [0.2, 0.25) is 0 Å². The van der Waals surface area contributed by atoms with Gasteiger partial charge in [0, 0.05) is 6.04 Å². The predicted octanol–water partition coefficient (Wildman–Crippen LogP) is 1.12. The van der Waals surface area contributed by atoms with Gasteiger partial charge in [-0.2, -0.15) is 13.5 Å². The number of nitrogens with zero attached hydrogens (tertiary/aromatic N) is 2. The van der Waals surface area contributed by atoms with Gasteiger partial charge in [-0.1, -0.05) is 3.89 Å². The minimum absolute atomic E-state index is 0.166. The molecular formula is C6H9FN2O2S. The lowest BCUT2D eigenvalue weighted by Gasteiger charge is -2.06. The molecular weight excluding hydrogens is 183 g/mol. The average Bonchev–Trinajstić information content (AvgIpc) is 2.30. The van der Waals surface area contributed by atoms with Crippen LogP contribution in [0.5, 0.6) is 0 Å². The van der Waals surface area contributed by atoms with E-state index < -0.39 is 15.2 Å². The molecule has 0 amide bonds. The Bertz CT molecular complexity index is 369. The third-order valence-electron chi connectivity index (χ3n) is 1.37. The summed E-state index contributed by atoms with van der Waals surface area (Å²) in [5.74, 6) is 0. The number of hydrogen-bond donors (Lipinski definition) is 0. The van der Waals surface area contributed by atoms with Crippen LogP contribution in [0, 0.1) is 0 Å². The summed E-state index contributed by atoms with van der Waals surface area (Å²) in [6.07, 6.45) is 1.26. The molecule has 1 heterocycles. The number of aromatic nitrogens is 2. The molecule has 0 atom stereocenters. The summed E-state index contributed by atoms with van der Waals surface area (Å²) in [6, 6.07) is 0.968. The van der Waals surface area contributed by atoms with Crippen LogP contribution in [0.3, 0.4) is 0 Å². The van der Waals surface area contributed by atoms with Crippen molar-refractivity contribution in [2.45, 2.75) is 24.9 Å². The molecule has 0 aliphatic rings. The van der Waals surface area contributed by atoms with Crippen molar-refractivity contribution in [3.8, 4) is 0 Å². The highest BCUT2D eigenvalue weighted by molar-refractivity contribution is 7.86. The molecule has 4 nitrogen and oxygen atoms in total. The zero-order valence-electron chi connectivity index (χ0n) is 6.73. The Labute approximate surface area is 70.2 Å². The van der Waals surface area contributed by atoms with Crippen LogP contribution in [0.1, 0.15) is 19.9 Å². The topological polar surface area (TPSA) is 52.0 Å². The smallest absolute Gasteiger partial charge is 0.249 e. The summed E-state index contributed by atoms with van der Waals surface area (Å²) in [7, 11) is -4.63. The molecule has 0 unspecified atom stereocenters. The van der Waals surface area contributed by atoms with Crippen molar-refractivity contribution < 1.29 is 12.3 Å². The molecule has 1 aromatic rings. The molecule has 12 heavy (non-hydrogen) atoms. The Morgan fingerprint density at radius 3 is 2.50 bits per heavy atom. The molecule has 0 radical (unpaired) electrons. The Balaban J connectivity index is 3.26. The summed E-state index contributed by atoms with van der Waals surface area (Å²) in [5, 5.41) is 3.29. The second-order valence-corrected chi connectivity index (χ2v) is 3.94. The van der Waals surface area contributed by atoms with E-state index in [9.17, 15) is 12.3 Å². The first kappa shape index (κ1) is 9.18. The highest BCUT2D eigenvalue weighted by atomic mass is 32.3. The first-order valence-electron chi connectivity index (χ1n) is 3.41. The molecule has 0 saturated heterocycles. The largest absolute Gasteiger partial charge is 0.349 e. The maximum absolute atomic E-state index is 12.5. The molecule has 1 aromatic heterocycles. The molecule has 0 saturated carbocycles. The molecule has 0 spiro atoms. The minimum atomic E-state index is -4.63. The normalized spacial score (nSPS) is 12.3. The molecule has 6 heteroatoms. The average molecular weight is 192 g/mol. The fourth-order valence-electron chi connectivity index (χ4n) is 0.883. The Kier molecular flexibility index (Phi) is 2.18. The first-order chi connectivity index (χ1) is 5.43. The van der Waals surface area contributed by atoms with E-state index in [0.29, 0.717) is 0 Å². The zero-order valence-corrected chi connectivity index (χ0v) is 7.55. The van der Waals surface area contributed by atoms with Gasteiger partial charge in [0.05, 0.1) is 6.20 Å². The summed E-state index contributed by atoms with van der Waals surface area (Å²) in [4.78, 5) is 0. The van der Waals surface area contributed by atoms with Crippen LogP contribution in [0.25, 0.3) is 0 Å². The molecule has 0 N–H and O–H groups in total. The molecule has 0 aromatic carbocycles. The van der Waals surface area contributed by atoms with E-state index in [-0.39, 0.29) is 6.04 Å². The van der Waals surface area contributed by atoms with E-state index >= 15 is 0 Å². The van der Waals surface area contributed by atoms with E-state index in [1.807, 2.05) is 0 Å². The van der Waals surface area contributed by atoms with Gasteiger partial charge in [-0.25, -0.2) is 4.68 Å². The SMILES string of the molecule is CC(C)n1nccc1S(=O)(=O)F. The zero-order chi connectivity index (χ0) is 9.35. The first-order valence-corrected chi connectivity index (χ1v) is 4.79. The van der Waals surface area contributed by atoms with Gasteiger partial charge in [-0.15, -0.1) is 0 Å². The van der Waals surface area contributed by atoms with E-state index in [1.165, 1.54) is 6.20 Å². The molecule has 0 fully saturated rings. The third-order valence-corrected chi connectivity index (χ3v) is 2.20. The number of halogens is 1.